The van der Waals surface area contributed by atoms with Gasteiger partial charge in [-0.05, 0) is 19.4 Å². The van der Waals surface area contributed by atoms with Crippen LogP contribution < -0.4 is 0 Å². The van der Waals surface area contributed by atoms with Crippen LogP contribution in [0.4, 0.5) is 0 Å². The van der Waals surface area contributed by atoms with Crippen molar-refractivity contribution < 1.29 is 0 Å². The molecule has 1 nitrogen and oxygen atoms in total. The summed E-state index contributed by atoms with van der Waals surface area (Å²) in [5, 5.41) is 0.323. The third kappa shape index (κ3) is 30.8. The molecule has 0 saturated carbocycles. The molecule has 0 saturated heterocycles. The zero-order valence-corrected chi connectivity index (χ0v) is 12.9. The molecule has 0 aromatic heterocycles. The van der Waals surface area contributed by atoms with Gasteiger partial charge in [-0.15, -0.1) is 0 Å². The molecule has 0 amide bonds. The summed E-state index contributed by atoms with van der Waals surface area (Å²) < 4.78 is 0. The molecule has 2 radical (unpaired) electrons. The average Bonchev–Trinajstić information content (AvgIpc) is 1.52. The average molecular weight is 276 g/mol. The fraction of sp³-hybridized carbons (Fsp3) is 1.00. The topological polar surface area (TPSA) is 3.24 Å². The van der Waals surface area contributed by atoms with E-state index in [1.807, 2.05) is 14.1 Å². The van der Waals surface area contributed by atoms with Crippen LogP contribution in [0.5, 0.6) is 0 Å². The van der Waals surface area contributed by atoms with Gasteiger partial charge in [-0.3, -0.25) is 0 Å². The van der Waals surface area contributed by atoms with Gasteiger partial charge in [-0.1, -0.05) is 20.8 Å². The third-order valence-corrected chi connectivity index (χ3v) is 0.645. The Kier molecular flexibility index (Phi) is 9.24. The second-order valence-corrected chi connectivity index (χ2v) is 13.5. The Labute approximate surface area is 86.9 Å². The van der Waals surface area contributed by atoms with Crippen LogP contribution in [0.15, 0.2) is 0 Å². The van der Waals surface area contributed by atoms with E-state index in [9.17, 15) is 0 Å². The van der Waals surface area contributed by atoms with E-state index in [1.54, 1.807) is 0 Å². The van der Waals surface area contributed by atoms with Crippen molar-refractivity contribution in [2.45, 2.75) is 40.9 Å². The molecule has 0 N–H and O–H groups in total. The Morgan fingerprint density at radius 2 is 1.25 bits per heavy atom. The number of hydrogen-bond acceptors (Lipinski definition) is 1. The maximum atomic E-state index is 2.36. The minimum atomic E-state index is -0.543. The Morgan fingerprint density at radius 1 is 1.00 bits per heavy atom. The van der Waals surface area contributed by atoms with Gasteiger partial charge in [-0.25, -0.2) is 0 Å². The van der Waals surface area contributed by atoms with Crippen molar-refractivity contribution in [3.05, 3.63) is 0 Å². The van der Waals surface area contributed by atoms with E-state index in [1.165, 1.54) is 0 Å². The van der Waals surface area contributed by atoms with Crippen molar-refractivity contribution in [2.24, 2.45) is 0 Å². The molecule has 0 spiro atoms. The van der Waals surface area contributed by atoms with Crippen LogP contribution in [0.1, 0.15) is 20.8 Å². The molecule has 0 aliphatic heterocycles. The van der Waals surface area contributed by atoms with Crippen LogP contribution in [-0.2, 0) is 0 Å². The van der Waals surface area contributed by atoms with Crippen molar-refractivity contribution in [2.75, 3.05) is 14.1 Å². The van der Waals surface area contributed by atoms with Crippen molar-refractivity contribution in [3.8, 4) is 0 Å². The molecule has 0 heterocycles. The predicted octanol–water partition coefficient (Wildman–Crippen LogP) is 2.76. The summed E-state index contributed by atoms with van der Waals surface area (Å²) >= 11 is -0.543. The second-order valence-electron chi connectivity index (χ2n) is 4.96. The first-order chi connectivity index (χ1) is 5.15. The molecule has 0 unspecified atom stereocenters. The summed E-state index contributed by atoms with van der Waals surface area (Å²) in [6, 6.07) is 0. The molecular weight excluding hydrogens is 252 g/mol. The first-order valence-electron chi connectivity index (χ1n) is 4.44. The van der Waals surface area contributed by atoms with Gasteiger partial charge >= 0.3 is 34.6 Å². The SMILES string of the molecule is CN(C)[B]C(C)(C)C.[CH3][Sn]([CH3])[CH3]. The molecule has 0 aromatic carbocycles. The Balaban J connectivity index is 0. The third-order valence-electron chi connectivity index (χ3n) is 0.645. The molecule has 3 heteroatoms. The van der Waals surface area contributed by atoms with E-state index in [2.05, 4.69) is 47.8 Å². The van der Waals surface area contributed by atoms with Crippen LogP contribution in [0.2, 0.25) is 20.1 Å². The second kappa shape index (κ2) is 7.25. The van der Waals surface area contributed by atoms with Gasteiger partial charge < -0.3 is 4.81 Å². The molecule has 0 atom stereocenters. The van der Waals surface area contributed by atoms with E-state index in [0.29, 0.717) is 5.31 Å². The zero-order chi connectivity index (χ0) is 10.4. The molecule has 0 fully saturated rings. The van der Waals surface area contributed by atoms with Crippen molar-refractivity contribution in [1.29, 1.82) is 0 Å². The summed E-state index contributed by atoms with van der Waals surface area (Å²) in [6.07, 6.45) is 0. The van der Waals surface area contributed by atoms with Gasteiger partial charge in [0.25, 0.3) is 0 Å². The maximum absolute atomic E-state index is 2.36. The van der Waals surface area contributed by atoms with Crippen LogP contribution in [-0.4, -0.2) is 46.1 Å². The molecule has 0 aromatic rings. The fourth-order valence-electron chi connectivity index (χ4n) is 0.775. The number of hydrogen-bond donors (Lipinski definition) is 0. The summed E-state index contributed by atoms with van der Waals surface area (Å²) in [5.41, 5.74) is 0. The van der Waals surface area contributed by atoms with Gasteiger partial charge in [0.15, 0.2) is 0 Å². The van der Waals surface area contributed by atoms with Gasteiger partial charge in [0, 0.05) is 0 Å². The van der Waals surface area contributed by atoms with Gasteiger partial charge in [-0.2, -0.15) is 0 Å². The molecule has 12 heavy (non-hydrogen) atoms. The van der Waals surface area contributed by atoms with E-state index in [4.69, 9.17) is 0 Å². The van der Waals surface area contributed by atoms with Crippen LogP contribution in [0, 0.1) is 0 Å². The number of nitrogens with zero attached hydrogens (tertiary/aromatic N) is 1. The predicted molar refractivity (Wildman–Crippen MR) is 62.5 cm³/mol. The van der Waals surface area contributed by atoms with Crippen LogP contribution in [0.25, 0.3) is 0 Å². The monoisotopic (exact) mass is 277 g/mol. The molecule has 72 valence electrons. The fourth-order valence-corrected chi connectivity index (χ4v) is 0.775. The molecular formula is C9H24BNSn. The van der Waals surface area contributed by atoms with Gasteiger partial charge in [0.2, 0.25) is 7.41 Å². The van der Waals surface area contributed by atoms with E-state index in [-0.39, 0.29) is 0 Å². The Morgan fingerprint density at radius 3 is 1.25 bits per heavy atom. The van der Waals surface area contributed by atoms with Crippen molar-refractivity contribution in [3.63, 3.8) is 0 Å². The first kappa shape index (κ1) is 15.3. The first-order valence-corrected chi connectivity index (χ1v) is 13.0. The summed E-state index contributed by atoms with van der Waals surface area (Å²) in [7, 11) is 6.28. The normalized spacial score (nSPS) is 11.2. The van der Waals surface area contributed by atoms with Crippen molar-refractivity contribution >= 4 is 27.2 Å². The summed E-state index contributed by atoms with van der Waals surface area (Å²) in [5.74, 6) is 0. The molecule has 0 bridgehead atoms. The standard InChI is InChI=1S/C6H15BN.3CH3.Sn/c1-6(2,3)7-8(4)5;;;;/h1-5H3;3*1H3;. The van der Waals surface area contributed by atoms with Crippen LogP contribution in [0.3, 0.4) is 0 Å². The minimum absolute atomic E-state index is 0.323. The van der Waals surface area contributed by atoms with Gasteiger partial charge in [0.05, 0.1) is 0 Å². The van der Waals surface area contributed by atoms with Crippen molar-refractivity contribution in [1.82, 2.24) is 4.81 Å². The number of rotatable bonds is 1. The summed E-state index contributed by atoms with van der Waals surface area (Å²) in [6.45, 7) is 6.56. The Hall–Kier alpha value is 0.824. The van der Waals surface area contributed by atoms with Crippen LogP contribution >= 0.6 is 0 Å². The Bertz CT molecular complexity index is 94.4. The quantitative estimate of drug-likeness (QED) is 0.665. The molecule has 0 rings (SSSR count). The molecule has 0 aliphatic carbocycles. The van der Waals surface area contributed by atoms with E-state index < -0.39 is 19.8 Å². The molecule has 0 aliphatic rings. The van der Waals surface area contributed by atoms with E-state index >= 15 is 0 Å². The summed E-state index contributed by atoms with van der Waals surface area (Å²) in [4.78, 5) is 9.17. The van der Waals surface area contributed by atoms with E-state index in [0.717, 1.165) is 0 Å². The zero-order valence-electron chi connectivity index (χ0n) is 10.0. The van der Waals surface area contributed by atoms with Gasteiger partial charge in [0.1, 0.15) is 0 Å².